The second kappa shape index (κ2) is 4.32. The van der Waals surface area contributed by atoms with Crippen molar-refractivity contribution in [2.24, 2.45) is 0 Å². The van der Waals surface area contributed by atoms with Crippen LogP contribution in [0.15, 0.2) is 17.1 Å². The quantitative estimate of drug-likeness (QED) is 0.654. The van der Waals surface area contributed by atoms with Gasteiger partial charge in [-0.3, -0.25) is 8.78 Å². The molecule has 0 spiro atoms. The van der Waals surface area contributed by atoms with Crippen molar-refractivity contribution in [3.63, 3.8) is 0 Å². The number of hydrogen-bond acceptors (Lipinski definition) is 6. The topological polar surface area (TPSA) is 107 Å². The van der Waals surface area contributed by atoms with Gasteiger partial charge in [0.15, 0.2) is 11.7 Å². The smallest absolute Gasteiger partial charge is 0.351 e. The number of aliphatic hydroxyl groups excluding tert-OH is 1. The number of ether oxygens (including phenoxy) is 1. The van der Waals surface area contributed by atoms with Crippen LogP contribution < -0.4 is 11.4 Å². The molecule has 1 aliphatic heterocycles. The van der Waals surface area contributed by atoms with E-state index in [-0.39, 0.29) is 18.2 Å². The van der Waals surface area contributed by atoms with Gasteiger partial charge in [0, 0.05) is 6.20 Å². The molecule has 0 radical (unpaired) electrons. The molecule has 0 amide bonds. The fraction of sp³-hybridized carbons (Fsp3) is 0.500. The van der Waals surface area contributed by atoms with Gasteiger partial charge >= 0.3 is 5.69 Å². The molecule has 3 N–H and O–H groups in total. The van der Waals surface area contributed by atoms with Crippen molar-refractivity contribution in [1.29, 1.82) is 0 Å². The average Bonchev–Trinajstić information content (AvgIpc) is 2.59. The van der Waals surface area contributed by atoms with E-state index in [0.717, 1.165) is 0 Å². The molecule has 2 heterocycles. The number of nitrogens with zero attached hydrogens (tertiary/aromatic N) is 2. The van der Waals surface area contributed by atoms with Gasteiger partial charge in [-0.25, -0.2) is 4.79 Å². The molecule has 16 heavy (non-hydrogen) atoms. The highest BCUT2D eigenvalue weighted by Crippen LogP contribution is 2.22. The van der Waals surface area contributed by atoms with E-state index in [1.165, 1.54) is 16.8 Å². The van der Waals surface area contributed by atoms with Crippen LogP contribution in [0.2, 0.25) is 0 Å². The Kier molecular flexibility index (Phi) is 3.03. The van der Waals surface area contributed by atoms with Crippen molar-refractivity contribution in [2.75, 3.05) is 18.1 Å². The third-order valence-corrected chi connectivity index (χ3v) is 3.68. The Hall–Kier alpha value is -1.25. The lowest BCUT2D eigenvalue weighted by Gasteiger charge is -2.12. The molecule has 1 saturated heterocycles. The predicted octanol–water partition coefficient (Wildman–Crippen LogP) is -1.58. The molecule has 0 aliphatic carbocycles. The molecular weight excluding hydrogens is 237 g/mol. The molecule has 7 nitrogen and oxygen atoms in total. The Balaban J connectivity index is 2.27. The third kappa shape index (κ3) is 1.99. The first-order chi connectivity index (χ1) is 7.61. The number of hydrogen-bond donors (Lipinski definition) is 2. The lowest BCUT2D eigenvalue weighted by Crippen LogP contribution is -2.28. The first-order valence-electron chi connectivity index (χ1n) is 4.60. The Morgan fingerprint density at radius 3 is 3.06 bits per heavy atom. The highest BCUT2D eigenvalue weighted by atomic mass is 32.2. The molecule has 0 unspecified atom stereocenters. The van der Waals surface area contributed by atoms with Gasteiger partial charge in [-0.2, -0.15) is 4.98 Å². The largest absolute Gasteiger partial charge is 0.393 e. The zero-order chi connectivity index (χ0) is 11.7. The van der Waals surface area contributed by atoms with Gasteiger partial charge in [0.05, 0.1) is 23.2 Å². The van der Waals surface area contributed by atoms with Gasteiger partial charge < -0.3 is 15.6 Å². The van der Waals surface area contributed by atoms with Crippen LogP contribution in [0.25, 0.3) is 0 Å². The molecule has 0 saturated carbocycles. The normalized spacial score (nSPS) is 29.4. The molecule has 0 bridgehead atoms. The summed E-state index contributed by atoms with van der Waals surface area (Å²) in [6.45, 7) is -0.333. The molecule has 1 aromatic heterocycles. The van der Waals surface area contributed by atoms with E-state index in [4.69, 9.17) is 15.6 Å². The molecule has 2 rings (SSSR count). The Morgan fingerprint density at radius 2 is 2.50 bits per heavy atom. The van der Waals surface area contributed by atoms with Crippen LogP contribution in [0.3, 0.4) is 0 Å². The molecule has 1 aliphatic rings. The number of rotatable bonds is 2. The van der Waals surface area contributed by atoms with Crippen molar-refractivity contribution in [3.8, 4) is 0 Å². The summed E-state index contributed by atoms with van der Waals surface area (Å²) in [5, 5.41) is 8.87. The Labute approximate surface area is 93.3 Å². The number of nitrogens with two attached hydrogens (primary N) is 1. The summed E-state index contributed by atoms with van der Waals surface area (Å²) in [7, 11) is -1.30. The monoisotopic (exact) mass is 248 g/mol. The van der Waals surface area contributed by atoms with Gasteiger partial charge in [0.1, 0.15) is 5.82 Å². The standard InChI is InChI=1S/C8H11N3O4S/c9-5-1-2-11(8(13)10-5)6-4-16(14)7(3-12)15-6/h1-2,6-7,12H,3-4H2,(H2,9,10,13)/t6-,7+,16+/m0/s1/i8+1,10+1,11+1. The van der Waals surface area contributed by atoms with E-state index in [0.29, 0.717) is 0 Å². The van der Waals surface area contributed by atoms with Crippen LogP contribution in [-0.4, -0.2) is 36.7 Å². The van der Waals surface area contributed by atoms with E-state index < -0.39 is 28.2 Å². The summed E-state index contributed by atoms with van der Waals surface area (Å²) < 4.78 is 17.9. The Bertz CT molecular complexity index is 475. The average molecular weight is 248 g/mol. The Morgan fingerprint density at radius 1 is 1.75 bits per heavy atom. The van der Waals surface area contributed by atoms with Gasteiger partial charge in [-0.1, -0.05) is 0 Å². The van der Waals surface area contributed by atoms with E-state index in [1.807, 2.05) is 0 Å². The van der Waals surface area contributed by atoms with E-state index in [9.17, 15) is 9.00 Å². The SMILES string of the molecule is Nc1cc[15n]([C@@H]2C[S@@](=O)[C@H](CO)O2)[13c](=O)[15n]1. The zero-order valence-corrected chi connectivity index (χ0v) is 9.09. The van der Waals surface area contributed by atoms with E-state index in [1.54, 1.807) is 0 Å². The number of aromatic nitrogens is 2. The van der Waals surface area contributed by atoms with Crippen LogP contribution in [0, 0.1) is 0 Å². The van der Waals surface area contributed by atoms with Crippen molar-refractivity contribution < 1.29 is 14.1 Å². The molecular formula is C8H11N3O4S. The summed E-state index contributed by atoms with van der Waals surface area (Å²) in [4.78, 5) is 15.0. The van der Waals surface area contributed by atoms with Gasteiger partial charge in [-0.05, 0) is 6.07 Å². The van der Waals surface area contributed by atoms with Crippen molar-refractivity contribution in [2.45, 2.75) is 11.7 Å². The summed E-state index contributed by atoms with van der Waals surface area (Å²) in [6.07, 6.45) is 0.783. The lowest BCUT2D eigenvalue weighted by molar-refractivity contribution is -0.00702. The fourth-order valence-electron chi connectivity index (χ4n) is 1.44. The first-order valence-corrected chi connectivity index (χ1v) is 5.98. The van der Waals surface area contributed by atoms with Crippen LogP contribution in [0.1, 0.15) is 6.23 Å². The van der Waals surface area contributed by atoms with Crippen molar-refractivity contribution in [1.82, 2.24) is 9.55 Å². The zero-order valence-electron chi connectivity index (χ0n) is 8.28. The highest BCUT2D eigenvalue weighted by Gasteiger charge is 2.33. The number of nitrogen functional groups attached to an aromatic ring is 1. The van der Waals surface area contributed by atoms with Crippen LogP contribution in [0.4, 0.5) is 5.82 Å². The van der Waals surface area contributed by atoms with Crippen LogP contribution in [-0.2, 0) is 15.5 Å². The third-order valence-electron chi connectivity index (χ3n) is 2.22. The summed E-state index contributed by atoms with van der Waals surface area (Å²) >= 11 is 0. The van der Waals surface area contributed by atoms with Gasteiger partial charge in [-0.15, -0.1) is 0 Å². The van der Waals surface area contributed by atoms with Crippen LogP contribution >= 0.6 is 0 Å². The van der Waals surface area contributed by atoms with Gasteiger partial charge in [0.2, 0.25) is 0 Å². The molecule has 1 fully saturated rings. The minimum absolute atomic E-state index is 0.124. The summed E-state index contributed by atoms with van der Waals surface area (Å²) in [5.41, 5.74) is 4.05. The molecule has 3 atom stereocenters. The second-order valence-corrected chi connectivity index (χ2v) is 4.91. The fourth-order valence-corrected chi connectivity index (χ4v) is 2.59. The van der Waals surface area contributed by atoms with Crippen molar-refractivity contribution in [3.05, 3.63) is 22.7 Å². The minimum Gasteiger partial charge on any atom is -0.393 e. The molecule has 0 aromatic carbocycles. The molecule has 88 valence electrons. The predicted molar refractivity (Wildman–Crippen MR) is 56.9 cm³/mol. The maximum atomic E-state index is 11.5. The second-order valence-electron chi connectivity index (χ2n) is 3.29. The summed E-state index contributed by atoms with van der Waals surface area (Å²) in [6, 6.07) is 1.46. The van der Waals surface area contributed by atoms with Crippen LogP contribution in [0.5, 0.6) is 0 Å². The van der Waals surface area contributed by atoms with E-state index in [2.05, 4.69) is 4.98 Å². The van der Waals surface area contributed by atoms with Crippen molar-refractivity contribution >= 4 is 16.6 Å². The minimum atomic E-state index is -1.30. The first kappa shape index (κ1) is 11.2. The highest BCUT2D eigenvalue weighted by molar-refractivity contribution is 7.85. The number of aliphatic hydroxyl groups is 1. The van der Waals surface area contributed by atoms with Gasteiger partial charge in [0.25, 0.3) is 0 Å². The number of anilines is 1. The lowest BCUT2D eigenvalue weighted by atomic mass is 10.6. The van der Waals surface area contributed by atoms with E-state index >= 15 is 0 Å². The molecule has 8 heteroatoms. The molecule has 1 aromatic rings. The summed E-state index contributed by atoms with van der Waals surface area (Å²) in [5.74, 6) is 0.288. The maximum absolute atomic E-state index is 11.5. The maximum Gasteiger partial charge on any atom is 0.351 e.